The van der Waals surface area contributed by atoms with E-state index in [0.717, 1.165) is 19.6 Å². The molecule has 1 saturated heterocycles. The summed E-state index contributed by atoms with van der Waals surface area (Å²) in [7, 11) is 0. The normalized spacial score (nSPS) is 24.2. The van der Waals surface area contributed by atoms with Gasteiger partial charge >= 0.3 is 0 Å². The molecule has 0 bridgehead atoms. The molecule has 2 rings (SSSR count). The second kappa shape index (κ2) is 3.87. The maximum atomic E-state index is 3.54. The van der Waals surface area contributed by atoms with E-state index in [0.29, 0.717) is 6.04 Å². The highest BCUT2D eigenvalue weighted by molar-refractivity contribution is 9.10. The van der Waals surface area contributed by atoms with Crippen LogP contribution in [0.4, 0.5) is 0 Å². The van der Waals surface area contributed by atoms with Gasteiger partial charge in [0.15, 0.2) is 0 Å². The summed E-state index contributed by atoms with van der Waals surface area (Å²) < 4.78 is 1.23. The fourth-order valence-electron chi connectivity index (χ4n) is 1.39. The smallest absolute Gasteiger partial charge is 0.0553 e. The van der Waals surface area contributed by atoms with Gasteiger partial charge in [-0.25, -0.2) is 0 Å². The van der Waals surface area contributed by atoms with Crippen molar-refractivity contribution >= 4 is 27.3 Å². The molecule has 0 aliphatic carbocycles. The topological polar surface area (TPSA) is 24.1 Å². The molecule has 1 aromatic rings. The van der Waals surface area contributed by atoms with Crippen molar-refractivity contribution in [3.05, 3.63) is 20.8 Å². The monoisotopic (exact) mass is 246 g/mol. The standard InChI is InChI=1S/C8H11BrN2S/c9-6-1-4-12-8(6)7-5-10-2-3-11-7/h1,4,7,10-11H,2-3,5H2/t7-/m1/s1. The highest BCUT2D eigenvalue weighted by Crippen LogP contribution is 2.29. The highest BCUT2D eigenvalue weighted by Gasteiger charge is 2.17. The Kier molecular flexibility index (Phi) is 2.80. The first-order chi connectivity index (χ1) is 5.88. The second-order valence-corrected chi connectivity index (χ2v) is 4.65. The van der Waals surface area contributed by atoms with Crippen LogP contribution in [0.2, 0.25) is 0 Å². The first kappa shape index (κ1) is 8.69. The van der Waals surface area contributed by atoms with Crippen LogP contribution < -0.4 is 10.6 Å². The minimum absolute atomic E-state index is 0.494. The Morgan fingerprint density at radius 3 is 3.00 bits per heavy atom. The van der Waals surface area contributed by atoms with Crippen LogP contribution in [0.25, 0.3) is 0 Å². The van der Waals surface area contributed by atoms with E-state index in [1.54, 1.807) is 11.3 Å². The van der Waals surface area contributed by atoms with Gasteiger partial charge in [-0.1, -0.05) is 0 Å². The molecule has 1 aliphatic heterocycles. The minimum Gasteiger partial charge on any atom is -0.314 e. The average molecular weight is 247 g/mol. The van der Waals surface area contributed by atoms with Gasteiger partial charge in [0, 0.05) is 29.0 Å². The summed E-state index contributed by atoms with van der Waals surface area (Å²) in [6, 6.07) is 2.60. The summed E-state index contributed by atoms with van der Waals surface area (Å²) in [6.07, 6.45) is 0. The quantitative estimate of drug-likeness (QED) is 0.790. The summed E-state index contributed by atoms with van der Waals surface area (Å²) in [6.45, 7) is 3.19. The predicted molar refractivity (Wildman–Crippen MR) is 55.6 cm³/mol. The molecule has 4 heteroatoms. The lowest BCUT2D eigenvalue weighted by atomic mass is 10.2. The Labute approximate surface area is 84.5 Å². The molecular weight excluding hydrogens is 236 g/mol. The zero-order valence-electron chi connectivity index (χ0n) is 6.64. The van der Waals surface area contributed by atoms with Gasteiger partial charge in [-0.05, 0) is 27.4 Å². The lowest BCUT2D eigenvalue weighted by Crippen LogP contribution is -2.42. The molecule has 1 aliphatic rings. The lowest BCUT2D eigenvalue weighted by Gasteiger charge is -2.23. The fourth-order valence-corrected chi connectivity index (χ4v) is 3.12. The van der Waals surface area contributed by atoms with E-state index in [1.165, 1.54) is 9.35 Å². The Balaban J connectivity index is 2.13. The predicted octanol–water partition coefficient (Wildman–Crippen LogP) is 1.74. The van der Waals surface area contributed by atoms with Gasteiger partial charge in [0.2, 0.25) is 0 Å². The third kappa shape index (κ3) is 1.71. The van der Waals surface area contributed by atoms with Crippen molar-refractivity contribution in [1.29, 1.82) is 0 Å². The van der Waals surface area contributed by atoms with Gasteiger partial charge in [-0.3, -0.25) is 0 Å². The molecule has 0 aromatic carbocycles. The van der Waals surface area contributed by atoms with Crippen molar-refractivity contribution in [3.8, 4) is 0 Å². The number of rotatable bonds is 1. The molecule has 1 aromatic heterocycles. The van der Waals surface area contributed by atoms with Crippen molar-refractivity contribution in [2.24, 2.45) is 0 Å². The van der Waals surface area contributed by atoms with Gasteiger partial charge in [-0.15, -0.1) is 11.3 Å². The lowest BCUT2D eigenvalue weighted by molar-refractivity contribution is 0.434. The van der Waals surface area contributed by atoms with Crippen LogP contribution in [0.3, 0.4) is 0 Å². The van der Waals surface area contributed by atoms with E-state index in [-0.39, 0.29) is 0 Å². The SMILES string of the molecule is Brc1ccsc1[C@H]1CNCCN1. The van der Waals surface area contributed by atoms with E-state index in [2.05, 4.69) is 38.0 Å². The number of hydrogen-bond acceptors (Lipinski definition) is 3. The second-order valence-electron chi connectivity index (χ2n) is 2.84. The molecular formula is C8H11BrN2S. The summed E-state index contributed by atoms with van der Waals surface area (Å²) in [5, 5.41) is 8.97. The molecule has 2 N–H and O–H groups in total. The van der Waals surface area contributed by atoms with Gasteiger partial charge in [0.25, 0.3) is 0 Å². The van der Waals surface area contributed by atoms with Gasteiger partial charge in [-0.2, -0.15) is 0 Å². The van der Waals surface area contributed by atoms with Crippen LogP contribution in [0.1, 0.15) is 10.9 Å². The van der Waals surface area contributed by atoms with Crippen LogP contribution in [0, 0.1) is 0 Å². The Morgan fingerprint density at radius 1 is 1.50 bits per heavy atom. The number of piperazine rings is 1. The maximum absolute atomic E-state index is 3.54. The maximum Gasteiger partial charge on any atom is 0.0553 e. The molecule has 0 saturated carbocycles. The molecule has 12 heavy (non-hydrogen) atoms. The van der Waals surface area contributed by atoms with Crippen LogP contribution in [-0.2, 0) is 0 Å². The zero-order valence-corrected chi connectivity index (χ0v) is 9.04. The van der Waals surface area contributed by atoms with Crippen molar-refractivity contribution in [2.45, 2.75) is 6.04 Å². The van der Waals surface area contributed by atoms with Gasteiger partial charge in [0.05, 0.1) is 6.04 Å². The molecule has 1 atom stereocenters. The largest absolute Gasteiger partial charge is 0.314 e. The van der Waals surface area contributed by atoms with E-state index < -0.39 is 0 Å². The van der Waals surface area contributed by atoms with E-state index in [1.807, 2.05) is 0 Å². The van der Waals surface area contributed by atoms with Crippen LogP contribution in [-0.4, -0.2) is 19.6 Å². The van der Waals surface area contributed by atoms with Crippen LogP contribution in [0.15, 0.2) is 15.9 Å². The van der Waals surface area contributed by atoms with Crippen LogP contribution >= 0.6 is 27.3 Å². The Bertz CT molecular complexity index is 255. The Hall–Kier alpha value is 0.1000. The summed E-state index contributed by atoms with van der Waals surface area (Å²) in [4.78, 5) is 1.40. The van der Waals surface area contributed by atoms with E-state index in [4.69, 9.17) is 0 Å². The van der Waals surface area contributed by atoms with Crippen molar-refractivity contribution in [2.75, 3.05) is 19.6 Å². The molecule has 0 spiro atoms. The summed E-state index contributed by atoms with van der Waals surface area (Å²) in [5.74, 6) is 0. The fraction of sp³-hybridized carbons (Fsp3) is 0.500. The zero-order chi connectivity index (χ0) is 8.39. The molecule has 66 valence electrons. The number of nitrogens with one attached hydrogen (secondary N) is 2. The Morgan fingerprint density at radius 2 is 2.42 bits per heavy atom. The molecule has 0 radical (unpaired) electrons. The number of halogens is 1. The van der Waals surface area contributed by atoms with Crippen molar-refractivity contribution in [3.63, 3.8) is 0 Å². The average Bonchev–Trinajstić information content (AvgIpc) is 2.53. The summed E-state index contributed by atoms with van der Waals surface area (Å²) >= 11 is 5.35. The van der Waals surface area contributed by atoms with E-state index >= 15 is 0 Å². The first-order valence-corrected chi connectivity index (χ1v) is 5.72. The van der Waals surface area contributed by atoms with Gasteiger partial charge < -0.3 is 10.6 Å². The third-order valence-electron chi connectivity index (χ3n) is 2.00. The third-order valence-corrected chi connectivity index (χ3v) is 3.99. The molecule has 2 heterocycles. The van der Waals surface area contributed by atoms with E-state index in [9.17, 15) is 0 Å². The molecule has 0 unspecified atom stereocenters. The minimum atomic E-state index is 0.494. The van der Waals surface area contributed by atoms with Crippen molar-refractivity contribution < 1.29 is 0 Å². The first-order valence-electron chi connectivity index (χ1n) is 4.05. The number of thiophene rings is 1. The highest BCUT2D eigenvalue weighted by atomic mass is 79.9. The number of hydrogen-bond donors (Lipinski definition) is 2. The van der Waals surface area contributed by atoms with Gasteiger partial charge in [0.1, 0.15) is 0 Å². The van der Waals surface area contributed by atoms with Crippen molar-refractivity contribution in [1.82, 2.24) is 10.6 Å². The van der Waals surface area contributed by atoms with Crippen LogP contribution in [0.5, 0.6) is 0 Å². The molecule has 2 nitrogen and oxygen atoms in total. The molecule has 1 fully saturated rings. The summed E-state index contributed by atoms with van der Waals surface area (Å²) in [5.41, 5.74) is 0. The molecule has 0 amide bonds.